The standard InChI is InChI=1S/C27H32N8O3/c1-19-17-35-23(28-19)13-12-22(32-35)30-27(31-25(37)20-9-3-2-4-10-20)29-21-11-5-6-16-34(26(21)38)18-24(36)33-14-7-8-15-33/h2-4,9-10,12-13,17,21H,5-8,11,14-16,18H2,1H3,(H2,29,30,31,32,37). The molecule has 11 nitrogen and oxygen atoms in total. The zero-order valence-electron chi connectivity index (χ0n) is 21.5. The molecule has 0 radical (unpaired) electrons. The van der Waals surface area contributed by atoms with Gasteiger partial charge in [0.25, 0.3) is 5.91 Å². The number of hydrogen-bond acceptors (Lipinski definition) is 6. The molecule has 3 amide bonds. The lowest BCUT2D eigenvalue weighted by Gasteiger charge is -2.25. The van der Waals surface area contributed by atoms with Crippen LogP contribution in [-0.4, -0.2) is 80.3 Å². The Hall–Kier alpha value is -4.28. The van der Waals surface area contributed by atoms with Crippen molar-refractivity contribution in [2.45, 2.75) is 45.1 Å². The van der Waals surface area contributed by atoms with Gasteiger partial charge in [0.1, 0.15) is 6.04 Å². The predicted molar refractivity (Wildman–Crippen MR) is 143 cm³/mol. The number of carbonyl (C=O) groups is 3. The summed E-state index contributed by atoms with van der Waals surface area (Å²) in [5.74, 6) is -0.0439. The van der Waals surface area contributed by atoms with Crippen LogP contribution in [0.5, 0.6) is 0 Å². The molecule has 0 aliphatic carbocycles. The molecule has 38 heavy (non-hydrogen) atoms. The van der Waals surface area contributed by atoms with E-state index in [1.54, 1.807) is 45.9 Å². The van der Waals surface area contributed by atoms with Crippen molar-refractivity contribution in [1.82, 2.24) is 29.7 Å². The number of anilines is 1. The summed E-state index contributed by atoms with van der Waals surface area (Å²) in [5, 5.41) is 10.4. The number of fused-ring (bicyclic) bond motifs is 1. The van der Waals surface area contributed by atoms with Crippen molar-refractivity contribution in [1.29, 1.82) is 0 Å². The van der Waals surface area contributed by atoms with Crippen LogP contribution in [0.4, 0.5) is 5.82 Å². The maximum Gasteiger partial charge on any atom is 0.257 e. The number of nitrogens with one attached hydrogen (secondary N) is 2. The van der Waals surface area contributed by atoms with Crippen molar-refractivity contribution in [2.75, 3.05) is 31.5 Å². The molecule has 1 aromatic carbocycles. The highest BCUT2D eigenvalue weighted by atomic mass is 16.2. The average Bonchev–Trinajstić information content (AvgIpc) is 3.55. The van der Waals surface area contributed by atoms with E-state index in [0.717, 1.165) is 44.5 Å². The van der Waals surface area contributed by atoms with Gasteiger partial charge in [-0.15, -0.1) is 5.10 Å². The van der Waals surface area contributed by atoms with Crippen molar-refractivity contribution in [3.8, 4) is 0 Å². The van der Waals surface area contributed by atoms with E-state index in [2.05, 4.69) is 25.7 Å². The van der Waals surface area contributed by atoms with Gasteiger partial charge in [-0.3, -0.25) is 19.7 Å². The number of imidazole rings is 1. The number of guanidine groups is 1. The van der Waals surface area contributed by atoms with E-state index in [0.29, 0.717) is 30.0 Å². The Morgan fingerprint density at radius 2 is 1.79 bits per heavy atom. The summed E-state index contributed by atoms with van der Waals surface area (Å²) in [5.41, 5.74) is 1.98. The van der Waals surface area contributed by atoms with Gasteiger partial charge in [-0.25, -0.2) is 14.5 Å². The van der Waals surface area contributed by atoms with Crippen LogP contribution in [0.3, 0.4) is 0 Å². The van der Waals surface area contributed by atoms with E-state index in [1.165, 1.54) is 0 Å². The zero-order valence-corrected chi connectivity index (χ0v) is 21.5. The number of hydrogen-bond donors (Lipinski definition) is 2. The third-order valence-electron chi connectivity index (χ3n) is 6.78. The number of benzene rings is 1. The molecule has 2 aromatic heterocycles. The minimum absolute atomic E-state index is 0.0238. The van der Waals surface area contributed by atoms with Gasteiger partial charge in [-0.05, 0) is 63.3 Å². The molecule has 0 spiro atoms. The fraction of sp³-hybridized carbons (Fsp3) is 0.407. The van der Waals surface area contributed by atoms with Crippen molar-refractivity contribution >= 4 is 35.1 Å². The first-order valence-corrected chi connectivity index (χ1v) is 13.1. The van der Waals surface area contributed by atoms with Gasteiger partial charge in [0.15, 0.2) is 11.5 Å². The highest BCUT2D eigenvalue weighted by Gasteiger charge is 2.30. The van der Waals surface area contributed by atoms with E-state index in [4.69, 9.17) is 0 Å². The lowest BCUT2D eigenvalue weighted by molar-refractivity contribution is -0.140. The van der Waals surface area contributed by atoms with Crippen molar-refractivity contribution in [3.63, 3.8) is 0 Å². The minimum atomic E-state index is -0.735. The minimum Gasteiger partial charge on any atom is -0.341 e. The van der Waals surface area contributed by atoms with E-state index < -0.39 is 6.04 Å². The van der Waals surface area contributed by atoms with E-state index in [-0.39, 0.29) is 30.2 Å². The molecule has 0 saturated carbocycles. The van der Waals surface area contributed by atoms with Crippen LogP contribution in [-0.2, 0) is 9.59 Å². The molecule has 0 bridgehead atoms. The first-order valence-electron chi connectivity index (χ1n) is 13.1. The molecule has 2 N–H and O–H groups in total. The third kappa shape index (κ3) is 5.99. The fourth-order valence-corrected chi connectivity index (χ4v) is 4.80. The van der Waals surface area contributed by atoms with Crippen LogP contribution in [0.15, 0.2) is 53.7 Å². The topological polar surface area (TPSA) is 124 Å². The number of nitrogens with zero attached hydrogens (tertiary/aromatic N) is 6. The highest BCUT2D eigenvalue weighted by molar-refractivity contribution is 6.10. The molecule has 2 aliphatic heterocycles. The lowest BCUT2D eigenvalue weighted by Crippen LogP contribution is -2.45. The summed E-state index contributed by atoms with van der Waals surface area (Å²) in [4.78, 5) is 51.7. The number of rotatable bonds is 5. The number of aryl methyl sites for hydroxylation is 1. The molecule has 11 heteroatoms. The van der Waals surface area contributed by atoms with Gasteiger partial charge in [0, 0.05) is 25.2 Å². The number of amides is 3. The summed E-state index contributed by atoms with van der Waals surface area (Å²) in [6, 6.07) is 11.6. The van der Waals surface area contributed by atoms with Gasteiger partial charge in [-0.1, -0.05) is 18.2 Å². The van der Waals surface area contributed by atoms with Crippen LogP contribution in [0.1, 0.15) is 48.2 Å². The van der Waals surface area contributed by atoms with Crippen LogP contribution in [0.25, 0.3) is 5.65 Å². The normalized spacial score (nSPS) is 18.5. The Balaban J connectivity index is 1.39. The second-order valence-electron chi connectivity index (χ2n) is 9.69. The number of aliphatic imine (C=N–C) groups is 1. The zero-order chi connectivity index (χ0) is 26.5. The van der Waals surface area contributed by atoms with Crippen LogP contribution in [0, 0.1) is 6.92 Å². The molecule has 4 heterocycles. The highest BCUT2D eigenvalue weighted by Crippen LogP contribution is 2.17. The monoisotopic (exact) mass is 516 g/mol. The Morgan fingerprint density at radius 1 is 1.03 bits per heavy atom. The van der Waals surface area contributed by atoms with Crippen molar-refractivity contribution in [2.24, 2.45) is 4.99 Å². The molecular formula is C27H32N8O3. The van der Waals surface area contributed by atoms with Gasteiger partial charge in [-0.2, -0.15) is 0 Å². The predicted octanol–water partition coefficient (Wildman–Crippen LogP) is 2.24. The molecule has 2 aliphatic rings. The van der Waals surface area contributed by atoms with Crippen LogP contribution in [0.2, 0.25) is 0 Å². The third-order valence-corrected chi connectivity index (χ3v) is 6.78. The van der Waals surface area contributed by atoms with E-state index in [1.807, 2.05) is 24.0 Å². The Morgan fingerprint density at radius 3 is 2.58 bits per heavy atom. The smallest absolute Gasteiger partial charge is 0.257 e. The lowest BCUT2D eigenvalue weighted by atomic mass is 10.1. The largest absolute Gasteiger partial charge is 0.341 e. The number of carbonyl (C=O) groups excluding carboxylic acids is 3. The second-order valence-corrected chi connectivity index (χ2v) is 9.69. The maximum atomic E-state index is 13.5. The summed E-state index contributed by atoms with van der Waals surface area (Å²) in [6.07, 6.45) is 5.90. The molecule has 3 aromatic rings. The Bertz CT molecular complexity index is 1350. The first-order chi connectivity index (χ1) is 18.5. The molecule has 1 unspecified atom stereocenters. The van der Waals surface area contributed by atoms with Crippen LogP contribution >= 0.6 is 0 Å². The summed E-state index contributed by atoms with van der Waals surface area (Å²) < 4.78 is 1.64. The molecule has 198 valence electrons. The molecular weight excluding hydrogens is 484 g/mol. The van der Waals surface area contributed by atoms with E-state index >= 15 is 0 Å². The van der Waals surface area contributed by atoms with E-state index in [9.17, 15) is 14.4 Å². The van der Waals surface area contributed by atoms with Crippen molar-refractivity contribution in [3.05, 3.63) is 59.9 Å². The fourth-order valence-electron chi connectivity index (χ4n) is 4.80. The Labute approximate surface area is 220 Å². The molecule has 2 fully saturated rings. The maximum absolute atomic E-state index is 13.5. The van der Waals surface area contributed by atoms with Gasteiger partial charge >= 0.3 is 0 Å². The van der Waals surface area contributed by atoms with Gasteiger partial charge < -0.3 is 15.1 Å². The number of likely N-dealkylation sites (tertiary alicyclic amines) is 2. The second kappa shape index (κ2) is 11.4. The average molecular weight is 517 g/mol. The summed E-state index contributed by atoms with van der Waals surface area (Å²) in [7, 11) is 0. The summed E-state index contributed by atoms with van der Waals surface area (Å²) >= 11 is 0. The quantitative estimate of drug-likeness (QED) is 0.396. The molecule has 5 rings (SSSR count). The Kier molecular flexibility index (Phi) is 7.62. The van der Waals surface area contributed by atoms with Gasteiger partial charge in [0.05, 0.1) is 18.4 Å². The molecule has 2 saturated heterocycles. The first kappa shape index (κ1) is 25.4. The SMILES string of the molecule is Cc1cn2nc(NC(=NC3CCCCN(CC(=O)N4CCCC4)C3=O)NC(=O)c3ccccc3)ccc2n1. The number of aromatic nitrogens is 3. The van der Waals surface area contributed by atoms with Crippen LogP contribution < -0.4 is 10.6 Å². The van der Waals surface area contributed by atoms with Gasteiger partial charge in [0.2, 0.25) is 17.8 Å². The molecule has 1 atom stereocenters. The summed E-state index contributed by atoms with van der Waals surface area (Å²) in [6.45, 7) is 3.95. The van der Waals surface area contributed by atoms with Crippen molar-refractivity contribution < 1.29 is 14.4 Å².